The van der Waals surface area contributed by atoms with Gasteiger partial charge in [0.2, 0.25) is 5.91 Å². The SMILES string of the molecule is NC(=O)[C@H](N[C@@H]1CCCc2ccccc21)c1ccccc1. The van der Waals surface area contributed by atoms with Gasteiger partial charge in [0.1, 0.15) is 6.04 Å². The second kappa shape index (κ2) is 6.10. The molecule has 3 N–H and O–H groups in total. The average Bonchev–Trinajstić information content (AvgIpc) is 2.53. The smallest absolute Gasteiger partial charge is 0.239 e. The van der Waals surface area contributed by atoms with Gasteiger partial charge in [0, 0.05) is 6.04 Å². The van der Waals surface area contributed by atoms with E-state index in [2.05, 4.69) is 29.6 Å². The molecule has 21 heavy (non-hydrogen) atoms. The predicted molar refractivity (Wildman–Crippen MR) is 83.6 cm³/mol. The van der Waals surface area contributed by atoms with Crippen molar-refractivity contribution in [2.75, 3.05) is 0 Å². The van der Waals surface area contributed by atoms with Crippen LogP contribution in [-0.4, -0.2) is 5.91 Å². The van der Waals surface area contributed by atoms with Crippen LogP contribution in [0, 0.1) is 0 Å². The first-order valence-corrected chi connectivity index (χ1v) is 7.44. The molecular weight excluding hydrogens is 260 g/mol. The summed E-state index contributed by atoms with van der Waals surface area (Å²) in [6, 6.07) is 17.9. The molecule has 0 aromatic heterocycles. The minimum Gasteiger partial charge on any atom is -0.368 e. The van der Waals surface area contributed by atoms with Crippen LogP contribution in [0.5, 0.6) is 0 Å². The summed E-state index contributed by atoms with van der Waals surface area (Å²) in [5.41, 5.74) is 9.20. The summed E-state index contributed by atoms with van der Waals surface area (Å²) in [5.74, 6) is -0.329. The summed E-state index contributed by atoms with van der Waals surface area (Å²) in [6.07, 6.45) is 3.28. The third-order valence-electron chi connectivity index (χ3n) is 4.15. The highest BCUT2D eigenvalue weighted by Gasteiger charge is 2.25. The van der Waals surface area contributed by atoms with Crippen LogP contribution in [0.2, 0.25) is 0 Å². The van der Waals surface area contributed by atoms with Crippen molar-refractivity contribution in [3.05, 3.63) is 71.3 Å². The Labute approximate surface area is 125 Å². The summed E-state index contributed by atoms with van der Waals surface area (Å²) in [5, 5.41) is 3.45. The number of hydrogen-bond acceptors (Lipinski definition) is 2. The summed E-state index contributed by atoms with van der Waals surface area (Å²) >= 11 is 0. The second-order valence-corrected chi connectivity index (χ2v) is 5.56. The number of carbonyl (C=O) groups excluding carboxylic acids is 1. The van der Waals surface area contributed by atoms with Crippen molar-refractivity contribution in [2.24, 2.45) is 5.73 Å². The highest BCUT2D eigenvalue weighted by Crippen LogP contribution is 2.31. The van der Waals surface area contributed by atoms with Gasteiger partial charge >= 0.3 is 0 Å². The quantitative estimate of drug-likeness (QED) is 0.904. The first kappa shape index (κ1) is 13.8. The largest absolute Gasteiger partial charge is 0.368 e. The third-order valence-corrected chi connectivity index (χ3v) is 4.15. The van der Waals surface area contributed by atoms with E-state index in [1.165, 1.54) is 11.1 Å². The average molecular weight is 280 g/mol. The molecule has 2 aromatic rings. The van der Waals surface area contributed by atoms with Gasteiger partial charge in [-0.2, -0.15) is 0 Å². The zero-order chi connectivity index (χ0) is 14.7. The molecule has 0 aliphatic heterocycles. The van der Waals surface area contributed by atoms with E-state index in [1.807, 2.05) is 30.3 Å². The lowest BCUT2D eigenvalue weighted by atomic mass is 9.87. The van der Waals surface area contributed by atoms with Crippen molar-refractivity contribution in [2.45, 2.75) is 31.3 Å². The first-order chi connectivity index (χ1) is 10.3. The van der Waals surface area contributed by atoms with Gasteiger partial charge in [0.05, 0.1) is 0 Å². The van der Waals surface area contributed by atoms with Gasteiger partial charge in [-0.25, -0.2) is 0 Å². The molecule has 3 heteroatoms. The lowest BCUT2D eigenvalue weighted by Gasteiger charge is -2.29. The van der Waals surface area contributed by atoms with E-state index >= 15 is 0 Å². The number of primary amides is 1. The third kappa shape index (κ3) is 2.98. The molecular formula is C18H20N2O. The van der Waals surface area contributed by atoms with Crippen molar-refractivity contribution in [1.82, 2.24) is 5.32 Å². The van der Waals surface area contributed by atoms with Gasteiger partial charge in [-0.1, -0.05) is 54.6 Å². The maximum absolute atomic E-state index is 11.8. The Morgan fingerprint density at radius 1 is 1.10 bits per heavy atom. The summed E-state index contributed by atoms with van der Waals surface area (Å²) in [6.45, 7) is 0. The highest BCUT2D eigenvalue weighted by molar-refractivity contribution is 5.81. The molecule has 3 rings (SSSR count). The van der Waals surface area contributed by atoms with E-state index in [0.29, 0.717) is 0 Å². The van der Waals surface area contributed by atoms with Gasteiger partial charge in [0.25, 0.3) is 0 Å². The number of nitrogens with one attached hydrogen (secondary N) is 1. The van der Waals surface area contributed by atoms with Crippen molar-refractivity contribution < 1.29 is 4.79 Å². The van der Waals surface area contributed by atoms with Crippen LogP contribution in [0.4, 0.5) is 0 Å². The number of fused-ring (bicyclic) bond motifs is 1. The Hall–Kier alpha value is -2.13. The Kier molecular flexibility index (Phi) is 4.02. The van der Waals surface area contributed by atoms with Crippen molar-refractivity contribution in [3.8, 4) is 0 Å². The molecule has 2 atom stereocenters. The van der Waals surface area contributed by atoms with E-state index in [-0.39, 0.29) is 11.9 Å². The van der Waals surface area contributed by atoms with E-state index in [0.717, 1.165) is 24.8 Å². The topological polar surface area (TPSA) is 55.1 Å². The van der Waals surface area contributed by atoms with Crippen LogP contribution in [0.25, 0.3) is 0 Å². The van der Waals surface area contributed by atoms with Gasteiger partial charge in [-0.3, -0.25) is 10.1 Å². The molecule has 0 bridgehead atoms. The fourth-order valence-electron chi connectivity index (χ4n) is 3.12. The van der Waals surface area contributed by atoms with Crippen LogP contribution < -0.4 is 11.1 Å². The predicted octanol–water partition coefficient (Wildman–Crippen LogP) is 2.88. The van der Waals surface area contributed by atoms with Crippen LogP contribution in [0.15, 0.2) is 54.6 Å². The summed E-state index contributed by atoms with van der Waals surface area (Å²) in [4.78, 5) is 11.8. The van der Waals surface area contributed by atoms with Crippen LogP contribution in [0.3, 0.4) is 0 Å². The zero-order valence-corrected chi connectivity index (χ0v) is 12.0. The van der Waals surface area contributed by atoms with Gasteiger partial charge in [-0.05, 0) is 36.0 Å². The first-order valence-electron chi connectivity index (χ1n) is 7.44. The Morgan fingerprint density at radius 3 is 2.57 bits per heavy atom. The zero-order valence-electron chi connectivity index (χ0n) is 12.0. The fourth-order valence-corrected chi connectivity index (χ4v) is 3.12. The number of benzene rings is 2. The van der Waals surface area contributed by atoms with E-state index < -0.39 is 6.04 Å². The maximum atomic E-state index is 11.8. The Bertz CT molecular complexity index is 624. The normalized spacial score (nSPS) is 18.8. The molecule has 1 aliphatic rings. The Morgan fingerprint density at radius 2 is 1.81 bits per heavy atom. The van der Waals surface area contributed by atoms with Crippen molar-refractivity contribution in [3.63, 3.8) is 0 Å². The minimum absolute atomic E-state index is 0.188. The lowest BCUT2D eigenvalue weighted by Crippen LogP contribution is -2.37. The van der Waals surface area contributed by atoms with E-state index in [9.17, 15) is 4.79 Å². The monoisotopic (exact) mass is 280 g/mol. The highest BCUT2D eigenvalue weighted by atomic mass is 16.1. The van der Waals surface area contributed by atoms with Crippen LogP contribution in [0.1, 0.15) is 41.6 Å². The van der Waals surface area contributed by atoms with Gasteiger partial charge < -0.3 is 5.73 Å². The molecule has 1 amide bonds. The number of aryl methyl sites for hydroxylation is 1. The lowest BCUT2D eigenvalue weighted by molar-refractivity contribution is -0.120. The van der Waals surface area contributed by atoms with Crippen molar-refractivity contribution >= 4 is 5.91 Å². The second-order valence-electron chi connectivity index (χ2n) is 5.56. The number of nitrogens with two attached hydrogens (primary N) is 1. The molecule has 0 unspecified atom stereocenters. The fraction of sp³-hybridized carbons (Fsp3) is 0.278. The van der Waals surface area contributed by atoms with Gasteiger partial charge in [0.15, 0.2) is 0 Å². The number of hydrogen-bond donors (Lipinski definition) is 2. The molecule has 0 saturated heterocycles. The van der Waals surface area contributed by atoms with E-state index in [4.69, 9.17) is 5.73 Å². The number of carbonyl (C=O) groups is 1. The minimum atomic E-state index is -0.442. The number of rotatable bonds is 4. The molecule has 1 aliphatic carbocycles. The van der Waals surface area contributed by atoms with Crippen LogP contribution >= 0.6 is 0 Å². The molecule has 0 spiro atoms. The maximum Gasteiger partial charge on any atom is 0.239 e. The summed E-state index contributed by atoms with van der Waals surface area (Å²) < 4.78 is 0. The molecule has 0 radical (unpaired) electrons. The molecule has 0 fully saturated rings. The molecule has 2 aromatic carbocycles. The molecule has 3 nitrogen and oxygen atoms in total. The van der Waals surface area contributed by atoms with Crippen LogP contribution in [-0.2, 0) is 11.2 Å². The molecule has 108 valence electrons. The molecule has 0 heterocycles. The molecule has 0 saturated carbocycles. The number of amides is 1. The standard InChI is InChI=1S/C18H20N2O/c19-18(21)17(14-8-2-1-3-9-14)20-16-12-6-10-13-7-4-5-11-15(13)16/h1-5,7-9,11,16-17,20H,6,10,12H2,(H2,19,21)/t16-,17-/m1/s1. The summed E-state index contributed by atoms with van der Waals surface area (Å²) in [7, 11) is 0. The van der Waals surface area contributed by atoms with Crippen molar-refractivity contribution in [1.29, 1.82) is 0 Å². The van der Waals surface area contributed by atoms with E-state index in [1.54, 1.807) is 0 Å². The van der Waals surface area contributed by atoms with Gasteiger partial charge in [-0.15, -0.1) is 0 Å². The Balaban J connectivity index is 1.86.